The lowest BCUT2D eigenvalue weighted by Crippen LogP contribution is -2.36. The highest BCUT2D eigenvalue weighted by Gasteiger charge is 2.18. The maximum atomic E-state index is 11.3. The molecule has 1 heterocycles. The van der Waals surface area contributed by atoms with Gasteiger partial charge in [-0.2, -0.15) is 5.10 Å². The zero-order valence-electron chi connectivity index (χ0n) is 8.96. The van der Waals surface area contributed by atoms with Gasteiger partial charge in [0.1, 0.15) is 6.04 Å². The standard InChI is InChI=1S/C9H16N4O/c1-5-6(2)12-13(7(5)3)8(4)9(14)11-10/h8H,10H2,1-4H3,(H,11,14)/t8-/m1/s1. The molecule has 1 aromatic heterocycles. The number of aryl methyl sites for hydroxylation is 1. The zero-order valence-corrected chi connectivity index (χ0v) is 8.96. The Morgan fingerprint density at radius 3 is 2.43 bits per heavy atom. The first-order valence-corrected chi connectivity index (χ1v) is 4.51. The lowest BCUT2D eigenvalue weighted by Gasteiger charge is -2.12. The third-order valence-corrected chi connectivity index (χ3v) is 2.58. The molecule has 0 fully saturated rings. The Morgan fingerprint density at radius 2 is 2.07 bits per heavy atom. The quantitative estimate of drug-likeness (QED) is 0.407. The number of nitrogens with zero attached hydrogens (tertiary/aromatic N) is 2. The van der Waals surface area contributed by atoms with Crippen LogP contribution in [0, 0.1) is 20.8 Å². The minimum Gasteiger partial charge on any atom is -0.292 e. The summed E-state index contributed by atoms with van der Waals surface area (Å²) < 4.78 is 1.69. The molecule has 0 radical (unpaired) electrons. The lowest BCUT2D eigenvalue weighted by molar-refractivity contribution is -0.124. The summed E-state index contributed by atoms with van der Waals surface area (Å²) in [5.74, 6) is 4.82. The van der Waals surface area contributed by atoms with Gasteiger partial charge in [0.25, 0.3) is 5.91 Å². The summed E-state index contributed by atoms with van der Waals surface area (Å²) in [5.41, 5.74) is 5.17. The van der Waals surface area contributed by atoms with Crippen molar-refractivity contribution in [3.63, 3.8) is 0 Å². The Labute approximate surface area is 83.2 Å². The van der Waals surface area contributed by atoms with Gasteiger partial charge in [-0.25, -0.2) is 5.84 Å². The van der Waals surface area contributed by atoms with Crippen LogP contribution in [0.5, 0.6) is 0 Å². The number of amides is 1. The molecular weight excluding hydrogens is 180 g/mol. The molecule has 0 aromatic carbocycles. The molecule has 0 spiro atoms. The van der Waals surface area contributed by atoms with Gasteiger partial charge >= 0.3 is 0 Å². The highest BCUT2D eigenvalue weighted by molar-refractivity contribution is 5.79. The van der Waals surface area contributed by atoms with E-state index in [0.29, 0.717) is 0 Å². The lowest BCUT2D eigenvalue weighted by atomic mass is 10.2. The first kappa shape index (κ1) is 10.7. The van der Waals surface area contributed by atoms with E-state index in [-0.39, 0.29) is 11.9 Å². The second-order valence-electron chi connectivity index (χ2n) is 3.42. The monoisotopic (exact) mass is 196 g/mol. The molecule has 0 unspecified atom stereocenters. The van der Waals surface area contributed by atoms with Crippen LogP contribution in [-0.4, -0.2) is 15.7 Å². The molecule has 5 nitrogen and oxygen atoms in total. The van der Waals surface area contributed by atoms with Crippen molar-refractivity contribution in [1.29, 1.82) is 0 Å². The molecule has 5 heteroatoms. The molecule has 3 N–H and O–H groups in total. The molecule has 0 saturated carbocycles. The maximum Gasteiger partial charge on any atom is 0.258 e. The van der Waals surface area contributed by atoms with Gasteiger partial charge < -0.3 is 0 Å². The number of carbonyl (C=O) groups excluding carboxylic acids is 1. The normalized spacial score (nSPS) is 12.6. The molecule has 0 saturated heterocycles. The van der Waals surface area contributed by atoms with Gasteiger partial charge in [0, 0.05) is 5.69 Å². The second-order valence-corrected chi connectivity index (χ2v) is 3.42. The van der Waals surface area contributed by atoms with Gasteiger partial charge in [-0.05, 0) is 33.3 Å². The first-order valence-electron chi connectivity index (χ1n) is 4.51. The van der Waals surface area contributed by atoms with E-state index < -0.39 is 0 Å². The molecule has 0 bridgehead atoms. The molecule has 1 aromatic rings. The van der Waals surface area contributed by atoms with Crippen LogP contribution < -0.4 is 11.3 Å². The molecule has 14 heavy (non-hydrogen) atoms. The fourth-order valence-electron chi connectivity index (χ4n) is 1.35. The number of carbonyl (C=O) groups is 1. The average Bonchev–Trinajstić information content (AvgIpc) is 2.43. The summed E-state index contributed by atoms with van der Waals surface area (Å²) in [6.07, 6.45) is 0. The number of nitrogens with one attached hydrogen (secondary N) is 1. The molecule has 78 valence electrons. The van der Waals surface area contributed by atoms with Gasteiger partial charge in [-0.3, -0.25) is 14.9 Å². The number of nitrogens with two attached hydrogens (primary N) is 1. The number of rotatable bonds is 2. The van der Waals surface area contributed by atoms with E-state index >= 15 is 0 Å². The Bertz CT molecular complexity index is 356. The number of hydrogen-bond donors (Lipinski definition) is 2. The second kappa shape index (κ2) is 3.79. The van der Waals surface area contributed by atoms with E-state index in [4.69, 9.17) is 5.84 Å². The van der Waals surface area contributed by atoms with E-state index in [2.05, 4.69) is 10.5 Å². The van der Waals surface area contributed by atoms with Gasteiger partial charge in [-0.1, -0.05) is 0 Å². The summed E-state index contributed by atoms with van der Waals surface area (Å²) in [6.45, 7) is 7.61. The van der Waals surface area contributed by atoms with Crippen molar-refractivity contribution >= 4 is 5.91 Å². The van der Waals surface area contributed by atoms with Crippen LogP contribution in [0.4, 0.5) is 0 Å². The predicted molar refractivity (Wildman–Crippen MR) is 53.5 cm³/mol. The minimum atomic E-state index is -0.368. The molecule has 1 rings (SSSR count). The van der Waals surface area contributed by atoms with Gasteiger partial charge in [-0.15, -0.1) is 0 Å². The van der Waals surface area contributed by atoms with Crippen molar-refractivity contribution in [2.24, 2.45) is 5.84 Å². The molecule has 0 aliphatic heterocycles. The molecule has 1 atom stereocenters. The van der Waals surface area contributed by atoms with Crippen molar-refractivity contribution in [2.75, 3.05) is 0 Å². The molecule has 0 aliphatic rings. The third-order valence-electron chi connectivity index (χ3n) is 2.58. The largest absolute Gasteiger partial charge is 0.292 e. The van der Waals surface area contributed by atoms with E-state index in [9.17, 15) is 4.79 Å². The highest BCUT2D eigenvalue weighted by Crippen LogP contribution is 2.15. The molecular formula is C9H16N4O. The summed E-state index contributed by atoms with van der Waals surface area (Å²) in [5, 5.41) is 4.28. The minimum absolute atomic E-state index is 0.240. The predicted octanol–water partition coefficient (Wildman–Crippen LogP) is 0.359. The van der Waals surface area contributed by atoms with Crippen LogP contribution in [0.2, 0.25) is 0 Å². The summed E-state index contributed by atoms with van der Waals surface area (Å²) in [4.78, 5) is 11.3. The fraction of sp³-hybridized carbons (Fsp3) is 0.556. The maximum absolute atomic E-state index is 11.3. The first-order chi connectivity index (χ1) is 6.49. The van der Waals surface area contributed by atoms with E-state index in [0.717, 1.165) is 17.0 Å². The number of hydrazine groups is 1. The summed E-state index contributed by atoms with van der Waals surface area (Å²) >= 11 is 0. The topological polar surface area (TPSA) is 72.9 Å². The molecule has 1 amide bonds. The number of hydrogen-bond acceptors (Lipinski definition) is 3. The van der Waals surface area contributed by atoms with Gasteiger partial charge in [0.15, 0.2) is 0 Å². The van der Waals surface area contributed by atoms with Crippen LogP contribution in [0.25, 0.3) is 0 Å². The summed E-state index contributed by atoms with van der Waals surface area (Å²) in [7, 11) is 0. The van der Waals surface area contributed by atoms with E-state index in [1.54, 1.807) is 11.6 Å². The van der Waals surface area contributed by atoms with Gasteiger partial charge in [0.2, 0.25) is 0 Å². The Balaban J connectivity index is 3.07. The summed E-state index contributed by atoms with van der Waals surface area (Å²) in [6, 6.07) is -0.368. The van der Waals surface area contributed by atoms with Crippen LogP contribution in [0.1, 0.15) is 29.9 Å². The highest BCUT2D eigenvalue weighted by atomic mass is 16.2. The Hall–Kier alpha value is -1.36. The Kier molecular flexibility index (Phi) is 2.90. The van der Waals surface area contributed by atoms with Crippen LogP contribution in [0.3, 0.4) is 0 Å². The van der Waals surface area contributed by atoms with Crippen molar-refractivity contribution < 1.29 is 4.79 Å². The van der Waals surface area contributed by atoms with Crippen molar-refractivity contribution in [3.05, 3.63) is 17.0 Å². The smallest absolute Gasteiger partial charge is 0.258 e. The van der Waals surface area contributed by atoms with E-state index in [1.165, 1.54) is 0 Å². The van der Waals surface area contributed by atoms with Gasteiger partial charge in [0.05, 0.1) is 5.69 Å². The van der Waals surface area contributed by atoms with E-state index in [1.807, 2.05) is 20.8 Å². The average molecular weight is 196 g/mol. The van der Waals surface area contributed by atoms with Crippen molar-refractivity contribution in [2.45, 2.75) is 33.7 Å². The SMILES string of the molecule is Cc1nn([C@H](C)C(=O)NN)c(C)c1C. The van der Waals surface area contributed by atoms with Crippen molar-refractivity contribution in [1.82, 2.24) is 15.2 Å². The van der Waals surface area contributed by atoms with Crippen LogP contribution in [0.15, 0.2) is 0 Å². The van der Waals surface area contributed by atoms with Crippen LogP contribution >= 0.6 is 0 Å². The fourth-order valence-corrected chi connectivity index (χ4v) is 1.35. The van der Waals surface area contributed by atoms with Crippen molar-refractivity contribution in [3.8, 4) is 0 Å². The number of aromatic nitrogens is 2. The molecule has 0 aliphatic carbocycles. The zero-order chi connectivity index (χ0) is 10.9. The Morgan fingerprint density at radius 1 is 1.50 bits per heavy atom. The third kappa shape index (κ3) is 1.63. The van der Waals surface area contributed by atoms with Crippen LogP contribution in [-0.2, 0) is 4.79 Å².